The Morgan fingerprint density at radius 1 is 0.946 bits per heavy atom. The number of rotatable bonds is 4. The van der Waals surface area contributed by atoms with E-state index in [-0.39, 0.29) is 6.03 Å². The average molecular weight is 499 g/mol. The van der Waals surface area contributed by atoms with Crippen molar-refractivity contribution >= 4 is 22.9 Å². The number of fused-ring (bicyclic) bond motifs is 2. The number of benzene rings is 2. The first-order chi connectivity index (χ1) is 18.0. The van der Waals surface area contributed by atoms with Crippen LogP contribution < -0.4 is 14.8 Å². The number of nitrogens with one attached hydrogen (secondary N) is 1. The summed E-state index contributed by atoms with van der Waals surface area (Å²) in [6, 6.07) is 15.8. The first-order valence-corrected chi connectivity index (χ1v) is 12.6. The second kappa shape index (κ2) is 9.74. The lowest BCUT2D eigenvalue weighted by Crippen LogP contribution is -2.49. The zero-order chi connectivity index (χ0) is 25.4. The molecule has 2 aliphatic heterocycles. The van der Waals surface area contributed by atoms with Crippen LogP contribution in [0.3, 0.4) is 0 Å². The van der Waals surface area contributed by atoms with E-state index in [1.54, 1.807) is 0 Å². The Bertz CT molecular complexity index is 1440. The third-order valence-corrected chi connectivity index (χ3v) is 6.77. The molecule has 1 fully saturated rings. The van der Waals surface area contributed by atoms with Gasteiger partial charge in [0.1, 0.15) is 24.6 Å². The maximum Gasteiger partial charge on any atom is 0.321 e. The Labute approximate surface area is 215 Å². The van der Waals surface area contributed by atoms with Gasteiger partial charge in [0.2, 0.25) is 0 Å². The Morgan fingerprint density at radius 2 is 1.70 bits per heavy atom. The van der Waals surface area contributed by atoms with E-state index in [9.17, 15) is 4.79 Å². The summed E-state index contributed by atoms with van der Waals surface area (Å²) in [6.45, 7) is 8.75. The number of aromatic nitrogens is 3. The Morgan fingerprint density at radius 3 is 2.49 bits per heavy atom. The van der Waals surface area contributed by atoms with Crippen LogP contribution in [0.25, 0.3) is 16.9 Å². The number of aryl methyl sites for hydroxylation is 2. The lowest BCUT2D eigenvalue weighted by Gasteiger charge is -2.34. The van der Waals surface area contributed by atoms with Gasteiger partial charge in [-0.1, -0.05) is 6.07 Å². The van der Waals surface area contributed by atoms with Gasteiger partial charge in [0, 0.05) is 49.8 Å². The molecular weight excluding hydrogens is 468 g/mol. The Balaban J connectivity index is 1.14. The second-order valence-electron chi connectivity index (χ2n) is 9.61. The van der Waals surface area contributed by atoms with Crippen LogP contribution in [0.15, 0.2) is 54.7 Å². The largest absolute Gasteiger partial charge is 0.486 e. The molecule has 0 bridgehead atoms. The molecule has 190 valence electrons. The topological polar surface area (TPSA) is 84.8 Å². The predicted octanol–water partition coefficient (Wildman–Crippen LogP) is 4.16. The van der Waals surface area contributed by atoms with Crippen molar-refractivity contribution in [1.29, 1.82) is 0 Å². The third-order valence-electron chi connectivity index (χ3n) is 6.77. The number of piperazine rings is 1. The van der Waals surface area contributed by atoms with Crippen LogP contribution in [0.5, 0.6) is 11.5 Å². The molecule has 1 saturated heterocycles. The number of urea groups is 1. The van der Waals surface area contributed by atoms with E-state index in [4.69, 9.17) is 14.5 Å². The van der Waals surface area contributed by atoms with E-state index in [1.165, 1.54) is 11.1 Å². The normalized spacial score (nSPS) is 15.7. The van der Waals surface area contributed by atoms with E-state index in [2.05, 4.69) is 51.8 Å². The molecule has 0 saturated carbocycles. The van der Waals surface area contributed by atoms with E-state index >= 15 is 0 Å². The number of nitrogens with zero attached hydrogens (tertiary/aromatic N) is 5. The number of imidazole rings is 1. The smallest absolute Gasteiger partial charge is 0.321 e. The number of carbonyl (C=O) groups is 1. The highest BCUT2D eigenvalue weighted by Gasteiger charge is 2.24. The molecule has 9 nitrogen and oxygen atoms in total. The summed E-state index contributed by atoms with van der Waals surface area (Å²) < 4.78 is 13.4. The fraction of sp³-hybridized carbons (Fsp3) is 0.321. The van der Waals surface area contributed by atoms with Gasteiger partial charge < -0.3 is 19.7 Å². The summed E-state index contributed by atoms with van der Waals surface area (Å²) in [7, 11) is 0. The van der Waals surface area contributed by atoms with Gasteiger partial charge in [-0.15, -0.1) is 0 Å². The van der Waals surface area contributed by atoms with Crippen molar-refractivity contribution < 1.29 is 14.3 Å². The molecule has 4 aromatic rings. The summed E-state index contributed by atoms with van der Waals surface area (Å²) in [4.78, 5) is 26.7. The molecule has 0 spiro atoms. The van der Waals surface area contributed by atoms with Gasteiger partial charge >= 0.3 is 6.03 Å². The molecule has 0 radical (unpaired) electrons. The lowest BCUT2D eigenvalue weighted by molar-refractivity contribution is 0.140. The summed E-state index contributed by atoms with van der Waals surface area (Å²) in [5.41, 5.74) is 5.93. The van der Waals surface area contributed by atoms with Crippen molar-refractivity contribution in [3.63, 3.8) is 0 Å². The van der Waals surface area contributed by atoms with Crippen LogP contribution in [-0.4, -0.2) is 69.8 Å². The van der Waals surface area contributed by atoms with E-state index < -0.39 is 0 Å². The van der Waals surface area contributed by atoms with Crippen molar-refractivity contribution in [2.75, 3.05) is 44.7 Å². The average Bonchev–Trinajstić information content (AvgIpc) is 3.26. The van der Waals surface area contributed by atoms with Gasteiger partial charge in [0.25, 0.3) is 0 Å². The zero-order valence-corrected chi connectivity index (χ0v) is 21.1. The summed E-state index contributed by atoms with van der Waals surface area (Å²) in [5, 5.41) is 2.99. The van der Waals surface area contributed by atoms with Crippen molar-refractivity contribution in [3.05, 3.63) is 71.7 Å². The van der Waals surface area contributed by atoms with Crippen molar-refractivity contribution in [3.8, 4) is 17.2 Å². The maximum atomic E-state index is 12.9. The van der Waals surface area contributed by atoms with Crippen molar-refractivity contribution in [2.45, 2.75) is 20.4 Å². The number of pyridine rings is 1. The molecule has 0 aliphatic carbocycles. The van der Waals surface area contributed by atoms with Crippen molar-refractivity contribution in [2.24, 2.45) is 0 Å². The molecule has 0 unspecified atom stereocenters. The summed E-state index contributed by atoms with van der Waals surface area (Å²) in [5.74, 6) is 2.32. The molecule has 37 heavy (non-hydrogen) atoms. The van der Waals surface area contributed by atoms with Crippen LogP contribution in [0.2, 0.25) is 0 Å². The summed E-state index contributed by atoms with van der Waals surface area (Å²) >= 11 is 0. The lowest BCUT2D eigenvalue weighted by atomic mass is 10.1. The molecule has 2 aliphatic rings. The quantitative estimate of drug-likeness (QED) is 0.455. The van der Waals surface area contributed by atoms with E-state index in [0.29, 0.717) is 50.0 Å². The van der Waals surface area contributed by atoms with E-state index in [1.807, 2.05) is 41.4 Å². The summed E-state index contributed by atoms with van der Waals surface area (Å²) in [6.07, 6.45) is 1.81. The maximum absolute atomic E-state index is 12.9. The number of carbonyl (C=O) groups excluding carboxylic acids is 1. The first kappa shape index (κ1) is 23.3. The standard InChI is InChI=1S/C28H30N6O3/c1-19-14-20(2)16-22(15-19)34-26(31-23-4-3-7-29-27(23)34)18-32-8-10-33(11-9-32)28(35)30-21-5-6-24-25(17-21)37-13-12-36-24/h3-7,14-17H,8-13,18H2,1-2H3,(H,30,35). The highest BCUT2D eigenvalue weighted by molar-refractivity contribution is 5.89. The highest BCUT2D eigenvalue weighted by atomic mass is 16.6. The number of anilines is 1. The van der Waals surface area contributed by atoms with E-state index in [0.717, 1.165) is 35.8 Å². The Hall–Kier alpha value is -4.11. The number of hydrogen-bond acceptors (Lipinski definition) is 6. The fourth-order valence-corrected chi connectivity index (χ4v) is 5.05. The number of ether oxygens (including phenoxy) is 2. The van der Waals surface area contributed by atoms with Crippen molar-refractivity contribution in [1.82, 2.24) is 24.3 Å². The molecular formula is C28H30N6O3. The molecule has 2 aromatic carbocycles. The van der Waals surface area contributed by atoms with Gasteiger partial charge in [-0.2, -0.15) is 0 Å². The second-order valence-corrected chi connectivity index (χ2v) is 9.61. The van der Waals surface area contributed by atoms with Gasteiger partial charge in [0.05, 0.1) is 6.54 Å². The van der Waals surface area contributed by atoms with Gasteiger partial charge in [-0.25, -0.2) is 14.8 Å². The zero-order valence-electron chi connectivity index (χ0n) is 21.1. The van der Waals surface area contributed by atoms with Crippen LogP contribution in [0.4, 0.5) is 10.5 Å². The minimum atomic E-state index is -0.108. The molecule has 2 amide bonds. The molecule has 0 atom stereocenters. The molecule has 2 aromatic heterocycles. The monoisotopic (exact) mass is 498 g/mol. The number of amides is 2. The van der Waals surface area contributed by atoms with Crippen LogP contribution in [-0.2, 0) is 6.54 Å². The van der Waals surface area contributed by atoms with Crippen LogP contribution >= 0.6 is 0 Å². The Kier molecular flexibility index (Phi) is 6.13. The highest BCUT2D eigenvalue weighted by Crippen LogP contribution is 2.32. The first-order valence-electron chi connectivity index (χ1n) is 12.6. The molecule has 1 N–H and O–H groups in total. The van der Waals surface area contributed by atoms with Gasteiger partial charge in [-0.3, -0.25) is 9.47 Å². The third kappa shape index (κ3) is 4.82. The molecule has 4 heterocycles. The van der Waals surface area contributed by atoms with Gasteiger partial charge in [0.15, 0.2) is 17.1 Å². The fourth-order valence-electron chi connectivity index (χ4n) is 5.05. The number of hydrogen-bond donors (Lipinski definition) is 1. The minimum absolute atomic E-state index is 0.108. The van der Waals surface area contributed by atoms with Crippen LogP contribution in [0.1, 0.15) is 17.0 Å². The molecule has 9 heteroatoms. The predicted molar refractivity (Wildman–Crippen MR) is 142 cm³/mol. The van der Waals surface area contributed by atoms with Crippen LogP contribution in [0, 0.1) is 13.8 Å². The SMILES string of the molecule is Cc1cc(C)cc(-n2c(CN3CCN(C(=O)Nc4ccc5c(c4)OCCO5)CC3)nc3cccnc32)c1. The minimum Gasteiger partial charge on any atom is -0.486 e. The van der Waals surface area contributed by atoms with Gasteiger partial charge in [-0.05, 0) is 61.4 Å². The molecule has 6 rings (SSSR count).